The lowest BCUT2D eigenvalue weighted by Crippen LogP contribution is -2.35. The van der Waals surface area contributed by atoms with E-state index in [0.717, 1.165) is 0 Å². The molecule has 3 aromatic rings. The van der Waals surface area contributed by atoms with Gasteiger partial charge in [-0.3, -0.25) is 9.59 Å². The quantitative estimate of drug-likeness (QED) is 0.750. The molecular weight excluding hydrogens is 302 g/mol. The van der Waals surface area contributed by atoms with Crippen LogP contribution in [0.15, 0.2) is 58.1 Å². The molecule has 0 aliphatic heterocycles. The van der Waals surface area contributed by atoms with Crippen LogP contribution in [-0.2, 0) is 0 Å². The second-order valence-electron chi connectivity index (χ2n) is 4.77. The van der Waals surface area contributed by atoms with Gasteiger partial charge in [0, 0.05) is 10.7 Å². The molecule has 0 saturated heterocycles. The molecule has 0 heterocycles. The van der Waals surface area contributed by atoms with E-state index in [2.05, 4.69) is 5.32 Å². The normalized spacial score (nSPS) is 10.6. The van der Waals surface area contributed by atoms with Crippen LogP contribution < -0.4 is 20.9 Å². The third-order valence-electron chi connectivity index (χ3n) is 3.40. The second kappa shape index (κ2) is 5.66. The molecule has 110 valence electrons. The average Bonchev–Trinajstić information content (AvgIpc) is 2.56. The maximum atomic E-state index is 11.8. The number of benzene rings is 2. The van der Waals surface area contributed by atoms with Gasteiger partial charge in [0.1, 0.15) is 11.4 Å². The maximum absolute atomic E-state index is 11.8. The summed E-state index contributed by atoms with van der Waals surface area (Å²) < 4.78 is 5.08. The summed E-state index contributed by atoms with van der Waals surface area (Å²) in [5, 5.41) is 3.57. The molecule has 0 atom stereocenters. The maximum Gasteiger partial charge on any atom is 0.250 e. The fourth-order valence-corrected chi connectivity index (χ4v) is 2.35. The van der Waals surface area contributed by atoms with Crippen molar-refractivity contribution in [1.29, 1.82) is 0 Å². The Labute approximate surface area is 131 Å². The number of hydrogen-bond donors (Lipinski definition) is 1. The summed E-state index contributed by atoms with van der Waals surface area (Å²) in [5.41, 5.74) is 1.07. The third kappa shape index (κ3) is 2.49. The van der Waals surface area contributed by atoms with Crippen LogP contribution in [0.2, 0.25) is 5.02 Å². The highest BCUT2D eigenvalue weighted by Gasteiger charge is 2.22. The van der Waals surface area contributed by atoms with Crippen LogP contribution in [0.1, 0.15) is 0 Å². The average molecular weight is 314 g/mol. The Bertz CT molecular complexity index is 876. The van der Waals surface area contributed by atoms with Crippen molar-refractivity contribution in [2.45, 2.75) is 0 Å². The highest BCUT2D eigenvalue weighted by molar-refractivity contribution is 6.30. The van der Waals surface area contributed by atoms with E-state index < -0.39 is 10.9 Å². The fourth-order valence-electron chi connectivity index (χ4n) is 2.22. The highest BCUT2D eigenvalue weighted by atomic mass is 35.5. The summed E-state index contributed by atoms with van der Waals surface area (Å²) in [5.74, 6) is 0.716. The lowest BCUT2D eigenvalue weighted by Gasteiger charge is -2.13. The summed E-state index contributed by atoms with van der Waals surface area (Å²) in [6, 6.07) is 13.9. The van der Waals surface area contributed by atoms with Gasteiger partial charge in [-0.2, -0.15) is 0 Å². The van der Waals surface area contributed by atoms with E-state index in [4.69, 9.17) is 16.3 Å². The molecule has 0 saturated carbocycles. The van der Waals surface area contributed by atoms with Gasteiger partial charge in [-0.1, -0.05) is 23.7 Å². The number of rotatable bonds is 4. The van der Waals surface area contributed by atoms with Gasteiger partial charge in [0.25, 0.3) is 5.43 Å². The first kappa shape index (κ1) is 14.4. The molecule has 0 unspecified atom stereocenters. The summed E-state index contributed by atoms with van der Waals surface area (Å²) in [7, 11) is 1.58. The number of nitrogens with one attached hydrogen (secondary N) is 1. The SMILES string of the molecule is COc1ccc(Nc2c(-c3ccc(Cl)cc3)c(=O)c2=O)cc1. The molecule has 0 bridgehead atoms. The Kier molecular flexibility index (Phi) is 3.69. The molecular formula is C17H12ClNO3. The zero-order valence-corrected chi connectivity index (χ0v) is 12.5. The van der Waals surface area contributed by atoms with E-state index in [1.54, 1.807) is 55.6 Å². The smallest absolute Gasteiger partial charge is 0.250 e. The largest absolute Gasteiger partial charge is 0.497 e. The first-order valence-corrected chi connectivity index (χ1v) is 6.98. The number of anilines is 2. The monoisotopic (exact) mass is 313 g/mol. The Balaban J connectivity index is 1.94. The lowest BCUT2D eigenvalue weighted by atomic mass is 9.98. The zero-order valence-electron chi connectivity index (χ0n) is 11.7. The van der Waals surface area contributed by atoms with Gasteiger partial charge >= 0.3 is 0 Å². The minimum absolute atomic E-state index is 0.303. The molecule has 0 amide bonds. The molecule has 0 aliphatic rings. The Morgan fingerprint density at radius 3 is 2.14 bits per heavy atom. The van der Waals surface area contributed by atoms with Crippen molar-refractivity contribution < 1.29 is 4.74 Å². The number of halogens is 1. The van der Waals surface area contributed by atoms with Gasteiger partial charge in [0.15, 0.2) is 0 Å². The molecule has 1 N–H and O–H groups in total. The van der Waals surface area contributed by atoms with Crippen molar-refractivity contribution in [2.75, 3.05) is 12.4 Å². The van der Waals surface area contributed by atoms with Crippen molar-refractivity contribution in [3.63, 3.8) is 0 Å². The first-order valence-electron chi connectivity index (χ1n) is 6.60. The number of hydrogen-bond acceptors (Lipinski definition) is 4. The van der Waals surface area contributed by atoms with Crippen LogP contribution in [0, 0.1) is 0 Å². The fraction of sp³-hybridized carbons (Fsp3) is 0.0588. The van der Waals surface area contributed by atoms with Crippen molar-refractivity contribution in [1.82, 2.24) is 0 Å². The zero-order chi connectivity index (χ0) is 15.7. The van der Waals surface area contributed by atoms with Gasteiger partial charge in [-0.25, -0.2) is 0 Å². The lowest BCUT2D eigenvalue weighted by molar-refractivity contribution is 0.415. The standard InChI is InChI=1S/C17H12ClNO3/c1-22-13-8-6-12(7-9-13)19-15-14(16(20)17(15)21)10-2-4-11(18)5-3-10/h2-9,19H,1H3. The van der Waals surface area contributed by atoms with Crippen LogP contribution in [0.4, 0.5) is 11.4 Å². The van der Waals surface area contributed by atoms with Crippen LogP contribution in [0.5, 0.6) is 5.75 Å². The predicted molar refractivity (Wildman–Crippen MR) is 88.1 cm³/mol. The second-order valence-corrected chi connectivity index (χ2v) is 5.21. The number of ether oxygens (including phenoxy) is 1. The Morgan fingerprint density at radius 2 is 1.55 bits per heavy atom. The minimum Gasteiger partial charge on any atom is -0.497 e. The van der Waals surface area contributed by atoms with Gasteiger partial charge in [-0.15, -0.1) is 0 Å². The van der Waals surface area contributed by atoms with E-state index in [0.29, 0.717) is 33.3 Å². The molecule has 3 rings (SSSR count). The molecule has 22 heavy (non-hydrogen) atoms. The molecule has 3 aromatic carbocycles. The molecule has 0 spiro atoms. The third-order valence-corrected chi connectivity index (χ3v) is 3.65. The molecule has 4 nitrogen and oxygen atoms in total. The minimum atomic E-state index is -0.513. The van der Waals surface area contributed by atoms with Gasteiger partial charge < -0.3 is 10.1 Å². The van der Waals surface area contributed by atoms with E-state index in [1.165, 1.54) is 0 Å². The summed E-state index contributed by atoms with van der Waals surface area (Å²) in [4.78, 5) is 23.7. The first-order chi connectivity index (χ1) is 10.6. The molecule has 5 heteroatoms. The predicted octanol–water partition coefficient (Wildman–Crippen LogP) is 3.36. The van der Waals surface area contributed by atoms with E-state index in [-0.39, 0.29) is 0 Å². The highest BCUT2D eigenvalue weighted by Crippen LogP contribution is 2.28. The van der Waals surface area contributed by atoms with Crippen molar-refractivity contribution >= 4 is 23.0 Å². The van der Waals surface area contributed by atoms with E-state index >= 15 is 0 Å². The van der Waals surface area contributed by atoms with Crippen LogP contribution in [-0.4, -0.2) is 7.11 Å². The van der Waals surface area contributed by atoms with Gasteiger partial charge in [-0.05, 0) is 42.0 Å². The topological polar surface area (TPSA) is 55.4 Å². The summed E-state index contributed by atoms with van der Waals surface area (Å²) in [6.07, 6.45) is 0. The summed E-state index contributed by atoms with van der Waals surface area (Å²) in [6.45, 7) is 0. The molecule has 0 fully saturated rings. The number of methoxy groups -OCH3 is 1. The van der Waals surface area contributed by atoms with Crippen LogP contribution >= 0.6 is 11.6 Å². The molecule has 0 aliphatic carbocycles. The van der Waals surface area contributed by atoms with Crippen LogP contribution in [0.3, 0.4) is 0 Å². The van der Waals surface area contributed by atoms with Crippen molar-refractivity contribution in [3.8, 4) is 16.9 Å². The van der Waals surface area contributed by atoms with E-state index in [1.807, 2.05) is 0 Å². The van der Waals surface area contributed by atoms with Crippen molar-refractivity contribution in [3.05, 3.63) is 74.0 Å². The van der Waals surface area contributed by atoms with Gasteiger partial charge in [0.2, 0.25) is 5.43 Å². The molecule has 0 radical (unpaired) electrons. The summed E-state index contributed by atoms with van der Waals surface area (Å²) >= 11 is 5.84. The van der Waals surface area contributed by atoms with Crippen LogP contribution in [0.25, 0.3) is 11.1 Å². The molecule has 0 aromatic heterocycles. The van der Waals surface area contributed by atoms with Crippen molar-refractivity contribution in [2.24, 2.45) is 0 Å². The Hall–Kier alpha value is -2.59. The van der Waals surface area contributed by atoms with Gasteiger partial charge in [0.05, 0.1) is 12.7 Å². The van der Waals surface area contributed by atoms with E-state index in [9.17, 15) is 9.59 Å². The Morgan fingerprint density at radius 1 is 0.909 bits per heavy atom.